The summed E-state index contributed by atoms with van der Waals surface area (Å²) in [5.41, 5.74) is 0. The Morgan fingerprint density at radius 2 is 2.36 bits per heavy atom. The van der Waals surface area contributed by atoms with E-state index in [1.807, 2.05) is 13.8 Å². The molecule has 0 radical (unpaired) electrons. The summed E-state index contributed by atoms with van der Waals surface area (Å²) in [5, 5.41) is 8.49. The van der Waals surface area contributed by atoms with Gasteiger partial charge in [-0.2, -0.15) is 5.26 Å². The van der Waals surface area contributed by atoms with Gasteiger partial charge >= 0.3 is 0 Å². The summed E-state index contributed by atoms with van der Waals surface area (Å²) in [6, 6.07) is 2.22. The van der Waals surface area contributed by atoms with Crippen LogP contribution in [0.2, 0.25) is 0 Å². The van der Waals surface area contributed by atoms with E-state index in [9.17, 15) is 4.79 Å². The van der Waals surface area contributed by atoms with Crippen molar-refractivity contribution >= 4 is 5.91 Å². The third-order valence-corrected chi connectivity index (χ3v) is 2.16. The van der Waals surface area contributed by atoms with Gasteiger partial charge in [-0.05, 0) is 18.9 Å². The Hall–Kier alpha value is -1.30. The topological polar surface area (TPSA) is 44.1 Å². The van der Waals surface area contributed by atoms with E-state index in [-0.39, 0.29) is 11.9 Å². The Labute approximate surface area is 86.0 Å². The zero-order valence-corrected chi connectivity index (χ0v) is 8.99. The van der Waals surface area contributed by atoms with Crippen LogP contribution in [0.25, 0.3) is 0 Å². The van der Waals surface area contributed by atoms with Gasteiger partial charge in [-0.15, -0.1) is 0 Å². The van der Waals surface area contributed by atoms with Crippen molar-refractivity contribution in [3.8, 4) is 6.07 Å². The monoisotopic (exact) mass is 194 g/mol. The predicted molar refractivity (Wildman–Crippen MR) is 56.5 cm³/mol. The predicted octanol–water partition coefficient (Wildman–Crippen LogP) is 2.10. The number of hydrogen-bond acceptors (Lipinski definition) is 2. The second-order valence-electron chi connectivity index (χ2n) is 2.89. The first-order chi connectivity index (χ1) is 6.79. The zero-order valence-electron chi connectivity index (χ0n) is 8.99. The number of rotatable bonds is 2. The van der Waals surface area contributed by atoms with Gasteiger partial charge < -0.3 is 4.90 Å². The molecule has 1 atom stereocenters. The SMILES string of the molecule is C=CC(=O)N1CCCC1CC#N.CC. The normalized spacial score (nSPS) is 19.2. The average molecular weight is 194 g/mol. The van der Waals surface area contributed by atoms with Gasteiger partial charge in [0.1, 0.15) is 0 Å². The van der Waals surface area contributed by atoms with E-state index in [1.54, 1.807) is 4.90 Å². The molecule has 0 aromatic heterocycles. The van der Waals surface area contributed by atoms with E-state index in [1.165, 1.54) is 6.08 Å². The highest BCUT2D eigenvalue weighted by molar-refractivity contribution is 5.87. The molecule has 14 heavy (non-hydrogen) atoms. The van der Waals surface area contributed by atoms with Crippen molar-refractivity contribution in [2.24, 2.45) is 0 Å². The summed E-state index contributed by atoms with van der Waals surface area (Å²) in [5.74, 6) is -0.0484. The van der Waals surface area contributed by atoms with Crippen LogP contribution in [0.4, 0.5) is 0 Å². The lowest BCUT2D eigenvalue weighted by Gasteiger charge is -2.20. The van der Waals surface area contributed by atoms with Crippen LogP contribution < -0.4 is 0 Å². The van der Waals surface area contributed by atoms with Crippen LogP contribution >= 0.6 is 0 Å². The molecule has 3 heteroatoms. The molecule has 0 N–H and O–H groups in total. The molecule has 0 aliphatic carbocycles. The van der Waals surface area contributed by atoms with Gasteiger partial charge in [-0.3, -0.25) is 4.79 Å². The molecule has 1 amide bonds. The fourth-order valence-corrected chi connectivity index (χ4v) is 1.56. The Morgan fingerprint density at radius 3 is 2.86 bits per heavy atom. The Morgan fingerprint density at radius 1 is 1.71 bits per heavy atom. The van der Waals surface area contributed by atoms with Gasteiger partial charge in [0.05, 0.1) is 12.5 Å². The van der Waals surface area contributed by atoms with Crippen molar-refractivity contribution in [3.05, 3.63) is 12.7 Å². The van der Waals surface area contributed by atoms with Crippen LogP contribution in [0, 0.1) is 11.3 Å². The molecule has 1 fully saturated rings. The number of carbonyl (C=O) groups excluding carboxylic acids is 1. The summed E-state index contributed by atoms with van der Waals surface area (Å²) in [7, 11) is 0. The van der Waals surface area contributed by atoms with E-state index in [0.717, 1.165) is 19.4 Å². The number of likely N-dealkylation sites (tertiary alicyclic amines) is 1. The summed E-state index contributed by atoms with van der Waals surface area (Å²) in [6.45, 7) is 8.20. The zero-order chi connectivity index (χ0) is 11.0. The minimum absolute atomic E-state index is 0.0484. The van der Waals surface area contributed by atoms with Gasteiger partial charge in [0.2, 0.25) is 5.91 Å². The molecule has 78 valence electrons. The molecule has 0 spiro atoms. The highest BCUT2D eigenvalue weighted by Gasteiger charge is 2.26. The molecule has 0 aromatic rings. The van der Waals surface area contributed by atoms with Crippen molar-refractivity contribution in [1.29, 1.82) is 5.26 Å². The van der Waals surface area contributed by atoms with Crippen molar-refractivity contribution in [1.82, 2.24) is 4.90 Å². The molecule has 0 saturated carbocycles. The van der Waals surface area contributed by atoms with Crippen LogP contribution in [0.15, 0.2) is 12.7 Å². The molecule has 3 nitrogen and oxygen atoms in total. The van der Waals surface area contributed by atoms with Crippen LogP contribution in [0.3, 0.4) is 0 Å². The van der Waals surface area contributed by atoms with Crippen molar-refractivity contribution < 1.29 is 4.79 Å². The third kappa shape index (κ3) is 3.21. The van der Waals surface area contributed by atoms with E-state index >= 15 is 0 Å². The number of nitrogens with zero attached hydrogens (tertiary/aromatic N) is 2. The van der Waals surface area contributed by atoms with Gasteiger partial charge in [0, 0.05) is 12.6 Å². The van der Waals surface area contributed by atoms with Crippen LogP contribution in [0.5, 0.6) is 0 Å². The smallest absolute Gasteiger partial charge is 0.246 e. The lowest BCUT2D eigenvalue weighted by atomic mass is 10.1. The lowest BCUT2D eigenvalue weighted by Crippen LogP contribution is -2.33. The van der Waals surface area contributed by atoms with Gasteiger partial charge in [-0.25, -0.2) is 0 Å². The molecular weight excluding hydrogens is 176 g/mol. The Bertz CT molecular complexity index is 230. The quantitative estimate of drug-likeness (QED) is 0.632. The largest absolute Gasteiger partial charge is 0.335 e. The second-order valence-corrected chi connectivity index (χ2v) is 2.89. The highest BCUT2D eigenvalue weighted by atomic mass is 16.2. The van der Waals surface area contributed by atoms with Crippen molar-refractivity contribution in [2.75, 3.05) is 6.54 Å². The maximum Gasteiger partial charge on any atom is 0.246 e. The van der Waals surface area contributed by atoms with E-state index in [4.69, 9.17) is 5.26 Å². The van der Waals surface area contributed by atoms with Crippen molar-refractivity contribution in [3.63, 3.8) is 0 Å². The number of amides is 1. The summed E-state index contributed by atoms with van der Waals surface area (Å²) < 4.78 is 0. The van der Waals surface area contributed by atoms with Crippen molar-refractivity contribution in [2.45, 2.75) is 39.2 Å². The molecule has 0 aromatic carbocycles. The van der Waals surface area contributed by atoms with E-state index in [2.05, 4.69) is 12.6 Å². The van der Waals surface area contributed by atoms with Gasteiger partial charge in [-0.1, -0.05) is 20.4 Å². The molecule has 1 rings (SSSR count). The standard InChI is InChI=1S/C9H12N2O.C2H6/c1-2-9(12)11-7-3-4-8(11)5-6-10;1-2/h2,8H,1,3-5,7H2;1-2H3. The first-order valence-corrected chi connectivity index (χ1v) is 5.09. The minimum Gasteiger partial charge on any atom is -0.335 e. The summed E-state index contributed by atoms with van der Waals surface area (Å²) in [6.07, 6.45) is 3.72. The molecule has 0 bridgehead atoms. The summed E-state index contributed by atoms with van der Waals surface area (Å²) in [4.78, 5) is 12.9. The molecule has 1 heterocycles. The lowest BCUT2D eigenvalue weighted by molar-refractivity contribution is -0.126. The molecule has 1 aliphatic rings. The number of hydrogen-bond donors (Lipinski definition) is 0. The number of carbonyl (C=O) groups is 1. The van der Waals surface area contributed by atoms with Crippen LogP contribution in [0.1, 0.15) is 33.1 Å². The fraction of sp³-hybridized carbons (Fsp3) is 0.636. The Balaban J connectivity index is 0.000000791. The molecular formula is C11H18N2O. The maximum atomic E-state index is 11.2. The van der Waals surface area contributed by atoms with Gasteiger partial charge in [0.25, 0.3) is 0 Å². The second kappa shape index (κ2) is 7.14. The van der Waals surface area contributed by atoms with Crippen LogP contribution in [-0.4, -0.2) is 23.4 Å². The first-order valence-electron chi connectivity index (χ1n) is 5.09. The third-order valence-electron chi connectivity index (χ3n) is 2.16. The molecule has 1 unspecified atom stereocenters. The fourth-order valence-electron chi connectivity index (χ4n) is 1.56. The minimum atomic E-state index is -0.0484. The van der Waals surface area contributed by atoms with Crippen LogP contribution in [-0.2, 0) is 4.79 Å². The Kier molecular flexibility index (Phi) is 6.47. The molecule has 1 saturated heterocycles. The maximum absolute atomic E-state index is 11.2. The molecule has 1 aliphatic heterocycles. The van der Waals surface area contributed by atoms with E-state index in [0.29, 0.717) is 6.42 Å². The van der Waals surface area contributed by atoms with Gasteiger partial charge in [0.15, 0.2) is 0 Å². The number of nitriles is 1. The highest BCUT2D eigenvalue weighted by Crippen LogP contribution is 2.19. The van der Waals surface area contributed by atoms with E-state index < -0.39 is 0 Å². The first kappa shape index (κ1) is 12.7. The summed E-state index contributed by atoms with van der Waals surface area (Å²) >= 11 is 0. The average Bonchev–Trinajstić information content (AvgIpc) is 2.69.